The molecule has 0 fully saturated rings. The summed E-state index contributed by atoms with van der Waals surface area (Å²) in [6.45, 7) is 0. The first kappa shape index (κ1) is 17.1. The monoisotopic (exact) mass is 393 g/mol. The highest BCUT2D eigenvalue weighted by molar-refractivity contribution is 7.99. The van der Waals surface area contributed by atoms with E-state index in [2.05, 4.69) is 31.4 Å². The summed E-state index contributed by atoms with van der Waals surface area (Å²) in [7, 11) is 0. The number of carbonyl (C=O) groups is 1. The number of aromatic nitrogens is 5. The molecule has 0 aliphatic rings. The van der Waals surface area contributed by atoms with Gasteiger partial charge in [0.1, 0.15) is 10.9 Å². The maximum absolute atomic E-state index is 12.1. The van der Waals surface area contributed by atoms with Gasteiger partial charge in [0.15, 0.2) is 10.8 Å². The summed E-state index contributed by atoms with van der Waals surface area (Å²) in [4.78, 5) is 26.1. The molecule has 0 radical (unpaired) electrons. The maximum atomic E-state index is 12.1. The standard InChI is InChI=1S/C17H11N7OS2/c18-8-12-3-4-13(27-12)11-2-5-14-21-16(23-24(14)9-11)22-15(25)10-26-17-19-6-1-7-20-17/h1-7,9H,10H2,(H,22,23,25). The number of nitrogens with one attached hydrogen (secondary N) is 1. The quantitative estimate of drug-likeness (QED) is 0.410. The third-order valence-corrected chi connectivity index (χ3v) is 5.37. The minimum absolute atomic E-state index is 0.164. The zero-order chi connectivity index (χ0) is 18.6. The van der Waals surface area contributed by atoms with Crippen molar-refractivity contribution in [3.8, 4) is 16.5 Å². The van der Waals surface area contributed by atoms with Gasteiger partial charge in [-0.15, -0.1) is 16.4 Å². The lowest BCUT2D eigenvalue weighted by Crippen LogP contribution is -2.15. The van der Waals surface area contributed by atoms with Gasteiger partial charge in [-0.1, -0.05) is 11.8 Å². The molecule has 10 heteroatoms. The average Bonchev–Trinajstić information content (AvgIpc) is 3.33. The topological polar surface area (TPSA) is 109 Å². The Labute approximate surface area is 161 Å². The van der Waals surface area contributed by atoms with Crippen LogP contribution in [0.2, 0.25) is 0 Å². The molecule has 4 heterocycles. The highest BCUT2D eigenvalue weighted by Gasteiger charge is 2.11. The number of hydrogen-bond acceptors (Lipinski definition) is 8. The lowest BCUT2D eigenvalue weighted by atomic mass is 10.2. The molecule has 0 aliphatic heterocycles. The van der Waals surface area contributed by atoms with E-state index in [0.717, 1.165) is 10.4 Å². The van der Waals surface area contributed by atoms with Crippen LogP contribution >= 0.6 is 23.1 Å². The van der Waals surface area contributed by atoms with Crippen LogP contribution in [0.4, 0.5) is 5.95 Å². The van der Waals surface area contributed by atoms with E-state index in [1.807, 2.05) is 24.4 Å². The molecule has 132 valence electrons. The fourth-order valence-electron chi connectivity index (χ4n) is 2.29. The Kier molecular flexibility index (Phi) is 4.78. The van der Waals surface area contributed by atoms with Crippen LogP contribution in [0.3, 0.4) is 0 Å². The molecule has 4 aromatic rings. The normalized spacial score (nSPS) is 10.6. The molecule has 4 aromatic heterocycles. The van der Waals surface area contributed by atoms with Crippen molar-refractivity contribution in [3.63, 3.8) is 0 Å². The SMILES string of the molecule is N#Cc1ccc(-c2ccc3nc(NC(=O)CSc4ncccn4)nn3c2)s1. The third-order valence-electron chi connectivity index (χ3n) is 3.46. The molecule has 8 nitrogen and oxygen atoms in total. The largest absolute Gasteiger partial charge is 0.292 e. The van der Waals surface area contributed by atoms with Crippen LogP contribution in [0.25, 0.3) is 16.1 Å². The van der Waals surface area contributed by atoms with Gasteiger partial charge in [0.25, 0.3) is 0 Å². The molecule has 0 bridgehead atoms. The van der Waals surface area contributed by atoms with Crippen LogP contribution in [0, 0.1) is 11.3 Å². The first-order valence-electron chi connectivity index (χ1n) is 7.78. The van der Waals surface area contributed by atoms with Gasteiger partial charge in [0.05, 0.1) is 5.75 Å². The number of pyridine rings is 1. The molecule has 1 amide bonds. The molecule has 0 atom stereocenters. The number of nitrogens with zero attached hydrogens (tertiary/aromatic N) is 6. The maximum Gasteiger partial charge on any atom is 0.249 e. The summed E-state index contributed by atoms with van der Waals surface area (Å²) < 4.78 is 1.60. The molecule has 4 rings (SSSR count). The van der Waals surface area contributed by atoms with Gasteiger partial charge in [0, 0.05) is 29.0 Å². The lowest BCUT2D eigenvalue weighted by Gasteiger charge is -1.99. The van der Waals surface area contributed by atoms with Gasteiger partial charge in [-0.3, -0.25) is 10.1 Å². The van der Waals surface area contributed by atoms with E-state index >= 15 is 0 Å². The van der Waals surface area contributed by atoms with Gasteiger partial charge < -0.3 is 0 Å². The number of thioether (sulfide) groups is 1. The molecule has 0 spiro atoms. The number of thiophene rings is 1. The van der Waals surface area contributed by atoms with E-state index in [0.29, 0.717) is 15.7 Å². The minimum atomic E-state index is -0.236. The molecular formula is C17H11N7OS2. The fraction of sp³-hybridized carbons (Fsp3) is 0.0588. The van der Waals surface area contributed by atoms with Crippen molar-refractivity contribution in [1.29, 1.82) is 5.26 Å². The van der Waals surface area contributed by atoms with Crippen LogP contribution in [0.15, 0.2) is 54.1 Å². The van der Waals surface area contributed by atoms with E-state index in [1.54, 1.807) is 29.0 Å². The van der Waals surface area contributed by atoms with Crippen molar-refractivity contribution < 1.29 is 4.79 Å². The number of nitriles is 1. The van der Waals surface area contributed by atoms with Crippen LogP contribution in [0.1, 0.15) is 4.88 Å². The van der Waals surface area contributed by atoms with Crippen LogP contribution in [-0.4, -0.2) is 36.2 Å². The van der Waals surface area contributed by atoms with E-state index in [4.69, 9.17) is 5.26 Å². The summed E-state index contributed by atoms with van der Waals surface area (Å²) in [6.07, 6.45) is 5.07. The second-order valence-corrected chi connectivity index (χ2v) is 7.33. The molecule has 0 saturated heterocycles. The first-order chi connectivity index (χ1) is 13.2. The molecule has 0 unspecified atom stereocenters. The highest BCUT2D eigenvalue weighted by atomic mass is 32.2. The molecule has 27 heavy (non-hydrogen) atoms. The molecule has 1 N–H and O–H groups in total. The van der Waals surface area contributed by atoms with Crippen molar-refractivity contribution in [3.05, 3.63) is 53.8 Å². The Morgan fingerprint density at radius 3 is 2.89 bits per heavy atom. The van der Waals surface area contributed by atoms with Gasteiger partial charge in [-0.05, 0) is 30.3 Å². The fourth-order valence-corrected chi connectivity index (χ4v) is 3.68. The van der Waals surface area contributed by atoms with Gasteiger partial charge >= 0.3 is 0 Å². The van der Waals surface area contributed by atoms with Gasteiger partial charge in [0.2, 0.25) is 11.9 Å². The molecular weight excluding hydrogens is 382 g/mol. The second-order valence-electron chi connectivity index (χ2n) is 5.30. The molecule has 0 aromatic carbocycles. The van der Waals surface area contributed by atoms with E-state index in [1.165, 1.54) is 23.1 Å². The predicted octanol–water partition coefficient (Wildman–Crippen LogP) is 2.85. The zero-order valence-electron chi connectivity index (χ0n) is 13.7. The summed E-state index contributed by atoms with van der Waals surface area (Å²) in [5.74, 6) is 0.160. The first-order valence-corrected chi connectivity index (χ1v) is 9.58. The molecule has 0 aliphatic carbocycles. The van der Waals surface area contributed by atoms with E-state index < -0.39 is 0 Å². The number of carbonyl (C=O) groups excluding carboxylic acids is 1. The lowest BCUT2D eigenvalue weighted by molar-refractivity contribution is -0.113. The Balaban J connectivity index is 1.46. The number of amides is 1. The number of hydrogen-bond donors (Lipinski definition) is 1. The summed E-state index contributed by atoms with van der Waals surface area (Å²) >= 11 is 2.65. The van der Waals surface area contributed by atoms with Crippen molar-refractivity contribution >= 4 is 40.6 Å². The van der Waals surface area contributed by atoms with Crippen molar-refractivity contribution in [1.82, 2.24) is 24.6 Å². The summed E-state index contributed by atoms with van der Waals surface area (Å²) in [5.41, 5.74) is 1.54. The van der Waals surface area contributed by atoms with Gasteiger partial charge in [-0.25, -0.2) is 14.5 Å². The smallest absolute Gasteiger partial charge is 0.249 e. The number of anilines is 1. The predicted molar refractivity (Wildman–Crippen MR) is 102 cm³/mol. The Morgan fingerprint density at radius 1 is 1.26 bits per heavy atom. The van der Waals surface area contributed by atoms with E-state index in [9.17, 15) is 4.79 Å². The minimum Gasteiger partial charge on any atom is -0.292 e. The summed E-state index contributed by atoms with van der Waals surface area (Å²) in [5, 5.41) is 16.5. The van der Waals surface area contributed by atoms with Crippen LogP contribution in [-0.2, 0) is 4.79 Å². The number of fused-ring (bicyclic) bond motifs is 1. The Morgan fingerprint density at radius 2 is 2.11 bits per heavy atom. The Bertz CT molecular complexity index is 1150. The average molecular weight is 393 g/mol. The van der Waals surface area contributed by atoms with E-state index in [-0.39, 0.29) is 17.6 Å². The van der Waals surface area contributed by atoms with Crippen LogP contribution < -0.4 is 5.32 Å². The summed E-state index contributed by atoms with van der Waals surface area (Å²) in [6, 6.07) is 11.3. The highest BCUT2D eigenvalue weighted by Crippen LogP contribution is 2.27. The van der Waals surface area contributed by atoms with Crippen molar-refractivity contribution in [2.24, 2.45) is 0 Å². The van der Waals surface area contributed by atoms with Gasteiger partial charge in [-0.2, -0.15) is 10.2 Å². The molecule has 0 saturated carbocycles. The second kappa shape index (κ2) is 7.53. The van der Waals surface area contributed by atoms with Crippen LogP contribution in [0.5, 0.6) is 0 Å². The zero-order valence-corrected chi connectivity index (χ0v) is 15.4. The van der Waals surface area contributed by atoms with Crippen molar-refractivity contribution in [2.45, 2.75) is 5.16 Å². The third kappa shape index (κ3) is 3.94. The Hall–Kier alpha value is -3.29. The number of rotatable bonds is 5. The van der Waals surface area contributed by atoms with Crippen molar-refractivity contribution in [2.75, 3.05) is 11.1 Å².